The summed E-state index contributed by atoms with van der Waals surface area (Å²) in [5, 5.41) is 2.71. The van der Waals surface area contributed by atoms with Crippen molar-refractivity contribution in [2.75, 3.05) is 4.81 Å². The van der Waals surface area contributed by atoms with E-state index in [1.807, 2.05) is 0 Å². The summed E-state index contributed by atoms with van der Waals surface area (Å²) in [6.07, 6.45) is 0. The smallest absolute Gasteiger partial charge is 0.333 e. The van der Waals surface area contributed by atoms with E-state index in [9.17, 15) is 0 Å². The normalized spacial score (nSPS) is 14.4. The van der Waals surface area contributed by atoms with Crippen molar-refractivity contribution in [2.45, 2.75) is 112 Å². The van der Waals surface area contributed by atoms with Crippen LogP contribution in [0.2, 0.25) is 0 Å². The number of hydrogen-bond donors (Lipinski definition) is 0. The maximum atomic E-state index is 2.67. The third kappa shape index (κ3) is 4.90. The Morgan fingerprint density at radius 1 is 0.480 bits per heavy atom. The molecule has 0 radical (unpaired) electrons. The van der Waals surface area contributed by atoms with E-state index in [1.165, 1.54) is 88.7 Å². The van der Waals surface area contributed by atoms with Gasteiger partial charge in [0.15, 0.2) is 0 Å². The molecule has 2 aliphatic heterocycles. The van der Waals surface area contributed by atoms with Crippen LogP contribution in [0.4, 0.5) is 11.4 Å². The van der Waals surface area contributed by atoms with E-state index in [0.717, 1.165) is 0 Å². The van der Waals surface area contributed by atoms with Gasteiger partial charge in [-0.3, -0.25) is 0 Å². The molecule has 50 heavy (non-hydrogen) atoms. The van der Waals surface area contributed by atoms with Gasteiger partial charge in [0.1, 0.15) is 0 Å². The van der Waals surface area contributed by atoms with Gasteiger partial charge < -0.3 is 9.38 Å². The monoisotopic (exact) mass is 656 g/mol. The molecule has 8 rings (SSSR count). The van der Waals surface area contributed by atoms with Crippen molar-refractivity contribution in [1.29, 1.82) is 0 Å². The zero-order valence-electron chi connectivity index (χ0n) is 32.6. The Labute approximate surface area is 300 Å². The lowest BCUT2D eigenvalue weighted by Crippen LogP contribution is -2.60. The second-order valence-electron chi connectivity index (χ2n) is 19.3. The van der Waals surface area contributed by atoms with Crippen LogP contribution in [0.25, 0.3) is 38.6 Å². The van der Waals surface area contributed by atoms with Crippen molar-refractivity contribution in [3.05, 3.63) is 113 Å². The maximum absolute atomic E-state index is 2.67. The molecular formula is C47H53BN2. The predicted molar refractivity (Wildman–Crippen MR) is 219 cm³/mol. The van der Waals surface area contributed by atoms with E-state index < -0.39 is 0 Å². The number of aryl methyl sites for hydroxylation is 1. The Balaban J connectivity index is 1.55. The zero-order chi connectivity index (χ0) is 35.9. The van der Waals surface area contributed by atoms with Gasteiger partial charge in [-0.1, -0.05) is 119 Å². The molecule has 0 saturated heterocycles. The molecule has 0 fully saturated rings. The fourth-order valence-corrected chi connectivity index (χ4v) is 8.41. The Morgan fingerprint density at radius 3 is 1.66 bits per heavy atom. The number of anilines is 2. The van der Waals surface area contributed by atoms with Crippen molar-refractivity contribution in [3.8, 4) is 16.8 Å². The fourth-order valence-electron chi connectivity index (χ4n) is 8.41. The lowest BCUT2D eigenvalue weighted by atomic mass is 9.43. The number of benzene rings is 5. The molecule has 1 aromatic heterocycles. The summed E-state index contributed by atoms with van der Waals surface area (Å²) in [6, 6.07) is 33.9. The summed E-state index contributed by atoms with van der Waals surface area (Å²) < 4.78 is 2.61. The van der Waals surface area contributed by atoms with E-state index >= 15 is 0 Å². The summed E-state index contributed by atoms with van der Waals surface area (Å²) in [5.74, 6) is 0. The molecule has 0 spiro atoms. The van der Waals surface area contributed by atoms with Crippen LogP contribution >= 0.6 is 0 Å². The van der Waals surface area contributed by atoms with Crippen LogP contribution in [0.15, 0.2) is 84.9 Å². The van der Waals surface area contributed by atoms with Crippen LogP contribution in [-0.2, 0) is 21.7 Å². The van der Waals surface area contributed by atoms with Crippen molar-refractivity contribution in [1.82, 2.24) is 4.57 Å². The van der Waals surface area contributed by atoms with Crippen LogP contribution in [0, 0.1) is 6.92 Å². The molecule has 0 amide bonds. The summed E-state index contributed by atoms with van der Waals surface area (Å²) in [4.78, 5) is 2.67. The predicted octanol–water partition coefficient (Wildman–Crippen LogP) is 11.5. The third-order valence-corrected chi connectivity index (χ3v) is 11.4. The molecule has 0 unspecified atom stereocenters. The largest absolute Gasteiger partial charge is 0.376 e. The van der Waals surface area contributed by atoms with Gasteiger partial charge in [-0.15, -0.1) is 0 Å². The highest BCUT2D eigenvalue weighted by Crippen LogP contribution is 2.47. The number of fused-ring (bicyclic) bond motifs is 7. The minimum atomic E-state index is -0.00942. The van der Waals surface area contributed by atoms with Gasteiger partial charge in [0.05, 0.1) is 11.0 Å². The Bertz CT molecular complexity index is 2360. The standard InChI is InChI=1S/C47H53BN2/c1-28-22-36-34-24-31(46(8,9)10)17-21-40(34)50(33-18-14-29(15-19-33)44(2,3)4)48-38-27-32(47(11,12)13)26-37-35-25-30(45(5,6)7)16-20-39(35)49(43(37)38)41(23-28)42(36)48/h14-27H,1-13H3. The molecule has 3 heterocycles. The van der Waals surface area contributed by atoms with Gasteiger partial charge >= 0.3 is 6.85 Å². The number of hydrogen-bond acceptors (Lipinski definition) is 1. The van der Waals surface area contributed by atoms with Gasteiger partial charge in [-0.05, 0) is 121 Å². The molecule has 0 saturated carbocycles. The molecule has 0 atom stereocenters. The van der Waals surface area contributed by atoms with Crippen molar-refractivity contribution < 1.29 is 0 Å². The van der Waals surface area contributed by atoms with Crippen molar-refractivity contribution in [2.24, 2.45) is 0 Å². The summed E-state index contributed by atoms with van der Waals surface area (Å²) >= 11 is 0. The second kappa shape index (κ2) is 10.4. The summed E-state index contributed by atoms with van der Waals surface area (Å²) in [5.41, 5.74) is 18.9. The van der Waals surface area contributed by atoms with E-state index in [-0.39, 0.29) is 28.5 Å². The molecule has 0 aliphatic carbocycles. The highest BCUT2D eigenvalue weighted by atomic mass is 15.1. The zero-order valence-corrected chi connectivity index (χ0v) is 32.6. The molecular weight excluding hydrogens is 603 g/mol. The van der Waals surface area contributed by atoms with Gasteiger partial charge in [-0.25, -0.2) is 0 Å². The first-order valence-electron chi connectivity index (χ1n) is 18.6. The first kappa shape index (κ1) is 32.9. The Hall–Kier alpha value is -4.24. The van der Waals surface area contributed by atoms with E-state index in [4.69, 9.17) is 0 Å². The van der Waals surface area contributed by atoms with Crippen LogP contribution in [0.1, 0.15) is 111 Å². The third-order valence-electron chi connectivity index (χ3n) is 11.4. The van der Waals surface area contributed by atoms with Gasteiger partial charge in [0, 0.05) is 33.4 Å². The lowest BCUT2D eigenvalue weighted by molar-refractivity contribution is 0.590. The molecule has 6 aromatic rings. The van der Waals surface area contributed by atoms with E-state index in [0.29, 0.717) is 0 Å². The SMILES string of the molecule is Cc1cc2c3c(c1)-n1c4ccc(C(C)(C)C)cc4c4cc(C(C)(C)C)cc(c41)B3N(c1ccc(C(C)(C)C)cc1)c1ccc(C(C)(C)C)cc1-2. The number of aromatic nitrogens is 1. The molecule has 2 aliphatic rings. The summed E-state index contributed by atoms with van der Waals surface area (Å²) in [7, 11) is 0. The first-order valence-corrected chi connectivity index (χ1v) is 18.6. The van der Waals surface area contributed by atoms with Crippen LogP contribution in [0.5, 0.6) is 0 Å². The lowest BCUT2D eigenvalue weighted by Gasteiger charge is -2.43. The topological polar surface area (TPSA) is 8.17 Å². The van der Waals surface area contributed by atoms with Crippen molar-refractivity contribution >= 4 is 51.0 Å². The highest BCUT2D eigenvalue weighted by molar-refractivity contribution is 6.93. The minimum Gasteiger partial charge on any atom is -0.376 e. The average molecular weight is 657 g/mol. The van der Waals surface area contributed by atoms with E-state index in [2.05, 4.69) is 184 Å². The van der Waals surface area contributed by atoms with Crippen molar-refractivity contribution in [3.63, 3.8) is 0 Å². The number of rotatable bonds is 1. The Morgan fingerprint density at radius 2 is 1.04 bits per heavy atom. The van der Waals surface area contributed by atoms with Crippen LogP contribution in [-0.4, -0.2) is 11.4 Å². The molecule has 5 aromatic carbocycles. The van der Waals surface area contributed by atoms with Crippen LogP contribution in [0.3, 0.4) is 0 Å². The van der Waals surface area contributed by atoms with Crippen LogP contribution < -0.4 is 15.7 Å². The second-order valence-corrected chi connectivity index (χ2v) is 19.3. The quantitative estimate of drug-likeness (QED) is 0.160. The van der Waals surface area contributed by atoms with E-state index in [1.54, 1.807) is 0 Å². The molecule has 254 valence electrons. The maximum Gasteiger partial charge on any atom is 0.333 e. The fraction of sp³-hybridized carbons (Fsp3) is 0.362. The first-order chi connectivity index (χ1) is 23.2. The van der Waals surface area contributed by atoms with Gasteiger partial charge in [0.2, 0.25) is 0 Å². The van der Waals surface area contributed by atoms with Gasteiger partial charge in [0.25, 0.3) is 0 Å². The molecule has 3 heteroatoms. The highest BCUT2D eigenvalue weighted by Gasteiger charge is 2.44. The molecule has 0 N–H and O–H groups in total. The average Bonchev–Trinajstić information content (AvgIpc) is 3.35. The minimum absolute atomic E-state index is 0.00942. The molecule has 0 bridgehead atoms. The summed E-state index contributed by atoms with van der Waals surface area (Å²) in [6.45, 7) is 30.2. The number of nitrogens with zero attached hydrogens (tertiary/aromatic N) is 2. The molecule has 2 nitrogen and oxygen atoms in total. The Kier molecular flexibility index (Phi) is 6.86. The van der Waals surface area contributed by atoms with Gasteiger partial charge in [-0.2, -0.15) is 0 Å².